The van der Waals surface area contributed by atoms with Crippen LogP contribution in [0.5, 0.6) is 0 Å². The average molecular weight is 393 g/mol. The summed E-state index contributed by atoms with van der Waals surface area (Å²) in [5, 5.41) is 20.8. The lowest BCUT2D eigenvalue weighted by molar-refractivity contribution is -0.116. The summed E-state index contributed by atoms with van der Waals surface area (Å²) < 4.78 is 1.80. The number of hydrogen-bond acceptors (Lipinski definition) is 6. The van der Waals surface area contributed by atoms with Crippen LogP contribution < -0.4 is 10.2 Å². The van der Waals surface area contributed by atoms with E-state index in [0.717, 1.165) is 38.3 Å². The molecular weight excluding hydrogens is 368 g/mol. The van der Waals surface area contributed by atoms with Crippen LogP contribution in [0.15, 0.2) is 30.9 Å². The van der Waals surface area contributed by atoms with Crippen molar-refractivity contribution in [2.75, 3.05) is 42.9 Å². The topological polar surface area (TPSA) is 86.5 Å². The van der Waals surface area contributed by atoms with Crippen LogP contribution in [0.1, 0.15) is 12.0 Å². The standard InChI is InChI=1S/C18H24N6O2.ClH/c25-14(11-23-12-19-20-13-23)10-22-6-8-24(9-7-22)17-3-1-2-16-15(17)4-5-18(26)21-16;/h1-3,12-14,25H,4-11H2,(H,21,26);1H. The number of β-amino-alcohol motifs (C(OH)–C–C–N with tert-alkyl or cyclic N) is 1. The van der Waals surface area contributed by atoms with Gasteiger partial charge in [-0.15, -0.1) is 22.6 Å². The molecule has 0 spiro atoms. The number of fused-ring (bicyclic) bond motifs is 1. The highest BCUT2D eigenvalue weighted by molar-refractivity contribution is 5.95. The van der Waals surface area contributed by atoms with Gasteiger partial charge in [0, 0.05) is 50.5 Å². The molecule has 2 aliphatic rings. The number of carbonyl (C=O) groups excluding carboxylic acids is 1. The molecule has 2 N–H and O–H groups in total. The third kappa shape index (κ3) is 4.58. The fraction of sp³-hybridized carbons (Fsp3) is 0.500. The van der Waals surface area contributed by atoms with E-state index in [1.165, 1.54) is 11.3 Å². The fourth-order valence-electron chi connectivity index (χ4n) is 3.79. The summed E-state index contributed by atoms with van der Waals surface area (Å²) in [4.78, 5) is 16.3. The number of aromatic nitrogens is 3. The first-order valence-electron chi connectivity index (χ1n) is 9.08. The predicted octanol–water partition coefficient (Wildman–Crippen LogP) is 0.768. The third-order valence-electron chi connectivity index (χ3n) is 5.10. The Kier molecular flexibility index (Phi) is 6.30. The molecule has 0 bridgehead atoms. The number of anilines is 2. The lowest BCUT2D eigenvalue weighted by Crippen LogP contribution is -2.49. The number of hydrogen-bond donors (Lipinski definition) is 2. The van der Waals surface area contributed by atoms with E-state index in [0.29, 0.717) is 19.5 Å². The highest BCUT2D eigenvalue weighted by Crippen LogP contribution is 2.32. The number of carbonyl (C=O) groups is 1. The van der Waals surface area contributed by atoms with Gasteiger partial charge in [-0.25, -0.2) is 0 Å². The minimum atomic E-state index is -0.433. The summed E-state index contributed by atoms with van der Waals surface area (Å²) in [6.07, 6.45) is 4.17. The zero-order chi connectivity index (χ0) is 17.9. The van der Waals surface area contributed by atoms with Crippen LogP contribution in [-0.4, -0.2) is 69.5 Å². The molecule has 9 heteroatoms. The van der Waals surface area contributed by atoms with Gasteiger partial charge >= 0.3 is 0 Å². The number of benzene rings is 1. The van der Waals surface area contributed by atoms with Gasteiger partial charge in [0.25, 0.3) is 0 Å². The quantitative estimate of drug-likeness (QED) is 0.781. The molecule has 27 heavy (non-hydrogen) atoms. The Hall–Kier alpha value is -2.16. The van der Waals surface area contributed by atoms with Crippen LogP contribution in [-0.2, 0) is 17.8 Å². The minimum absolute atomic E-state index is 0. The van der Waals surface area contributed by atoms with Gasteiger partial charge in [0.2, 0.25) is 5.91 Å². The Labute approximate surface area is 164 Å². The Morgan fingerprint density at radius 1 is 1.07 bits per heavy atom. The number of amides is 1. The van der Waals surface area contributed by atoms with Crippen LogP contribution in [0.2, 0.25) is 0 Å². The first-order valence-corrected chi connectivity index (χ1v) is 9.08. The molecule has 0 aliphatic carbocycles. The van der Waals surface area contributed by atoms with Crippen molar-refractivity contribution in [2.24, 2.45) is 0 Å². The number of aliphatic hydroxyl groups excluding tert-OH is 1. The summed E-state index contributed by atoms with van der Waals surface area (Å²) in [5.74, 6) is 0.0987. The van der Waals surface area contributed by atoms with E-state index in [1.807, 2.05) is 12.1 Å². The fourth-order valence-corrected chi connectivity index (χ4v) is 3.79. The van der Waals surface area contributed by atoms with Crippen molar-refractivity contribution >= 4 is 29.7 Å². The second-order valence-corrected chi connectivity index (χ2v) is 6.95. The smallest absolute Gasteiger partial charge is 0.224 e. The Balaban J connectivity index is 0.00000210. The van der Waals surface area contributed by atoms with E-state index < -0.39 is 6.10 Å². The third-order valence-corrected chi connectivity index (χ3v) is 5.10. The van der Waals surface area contributed by atoms with Crippen LogP contribution in [0.4, 0.5) is 11.4 Å². The van der Waals surface area contributed by atoms with Gasteiger partial charge in [-0.1, -0.05) is 6.07 Å². The van der Waals surface area contributed by atoms with E-state index in [1.54, 1.807) is 17.2 Å². The highest BCUT2D eigenvalue weighted by atomic mass is 35.5. The van der Waals surface area contributed by atoms with E-state index in [2.05, 4.69) is 31.4 Å². The normalized spacial score (nSPS) is 18.4. The monoisotopic (exact) mass is 392 g/mol. The summed E-state index contributed by atoms with van der Waals surface area (Å²) in [7, 11) is 0. The lowest BCUT2D eigenvalue weighted by atomic mass is 10.00. The summed E-state index contributed by atoms with van der Waals surface area (Å²) in [6, 6.07) is 6.13. The SMILES string of the molecule is Cl.O=C1CCc2c(cccc2N2CCN(CC(O)Cn3cnnc3)CC2)N1. The van der Waals surface area contributed by atoms with Gasteiger partial charge in [-0.05, 0) is 24.1 Å². The van der Waals surface area contributed by atoms with E-state index in [9.17, 15) is 9.90 Å². The predicted molar refractivity (Wildman–Crippen MR) is 105 cm³/mol. The number of nitrogens with zero attached hydrogens (tertiary/aromatic N) is 5. The number of halogens is 1. The molecule has 0 radical (unpaired) electrons. The van der Waals surface area contributed by atoms with Gasteiger partial charge in [0.05, 0.1) is 12.6 Å². The molecule has 2 aromatic rings. The van der Waals surface area contributed by atoms with Gasteiger partial charge < -0.3 is 19.9 Å². The summed E-state index contributed by atoms with van der Waals surface area (Å²) in [6.45, 7) is 4.83. The largest absolute Gasteiger partial charge is 0.390 e. The van der Waals surface area contributed by atoms with Gasteiger partial charge in [-0.2, -0.15) is 0 Å². The Morgan fingerprint density at radius 2 is 1.81 bits per heavy atom. The van der Waals surface area contributed by atoms with Gasteiger partial charge in [0.15, 0.2) is 0 Å². The number of nitrogens with one attached hydrogen (secondary N) is 1. The molecule has 2 aliphatic heterocycles. The number of aliphatic hydroxyl groups is 1. The molecule has 0 saturated carbocycles. The van der Waals surface area contributed by atoms with Crippen molar-refractivity contribution in [2.45, 2.75) is 25.5 Å². The molecule has 1 fully saturated rings. The van der Waals surface area contributed by atoms with Crippen LogP contribution in [0.3, 0.4) is 0 Å². The molecule has 1 aromatic carbocycles. The number of rotatable bonds is 5. The first-order chi connectivity index (χ1) is 12.7. The summed E-state index contributed by atoms with van der Waals surface area (Å²) in [5.41, 5.74) is 3.42. The van der Waals surface area contributed by atoms with Crippen molar-refractivity contribution in [1.82, 2.24) is 19.7 Å². The molecule has 1 atom stereocenters. The Morgan fingerprint density at radius 3 is 2.56 bits per heavy atom. The zero-order valence-electron chi connectivity index (χ0n) is 15.1. The van der Waals surface area contributed by atoms with Crippen molar-refractivity contribution in [3.05, 3.63) is 36.4 Å². The van der Waals surface area contributed by atoms with Crippen molar-refractivity contribution in [1.29, 1.82) is 0 Å². The maximum Gasteiger partial charge on any atom is 0.224 e. The average Bonchev–Trinajstić information content (AvgIpc) is 3.14. The zero-order valence-corrected chi connectivity index (χ0v) is 15.9. The molecule has 1 amide bonds. The minimum Gasteiger partial charge on any atom is -0.390 e. The van der Waals surface area contributed by atoms with Gasteiger partial charge in [0.1, 0.15) is 12.7 Å². The molecule has 4 rings (SSSR count). The molecule has 1 aromatic heterocycles. The van der Waals surface area contributed by atoms with E-state index >= 15 is 0 Å². The van der Waals surface area contributed by atoms with Crippen molar-refractivity contribution in [3.63, 3.8) is 0 Å². The lowest BCUT2D eigenvalue weighted by Gasteiger charge is -2.38. The van der Waals surface area contributed by atoms with E-state index in [4.69, 9.17) is 0 Å². The molecule has 8 nitrogen and oxygen atoms in total. The van der Waals surface area contributed by atoms with Crippen LogP contribution in [0.25, 0.3) is 0 Å². The maximum absolute atomic E-state index is 11.6. The molecule has 1 saturated heterocycles. The number of piperazine rings is 1. The molecular formula is C18H25ClN6O2. The van der Waals surface area contributed by atoms with Crippen molar-refractivity contribution < 1.29 is 9.90 Å². The van der Waals surface area contributed by atoms with Crippen LogP contribution >= 0.6 is 12.4 Å². The van der Waals surface area contributed by atoms with Gasteiger partial charge in [-0.3, -0.25) is 9.69 Å². The molecule has 3 heterocycles. The second-order valence-electron chi connectivity index (χ2n) is 6.95. The molecule has 146 valence electrons. The van der Waals surface area contributed by atoms with E-state index in [-0.39, 0.29) is 18.3 Å². The van der Waals surface area contributed by atoms with Crippen molar-refractivity contribution in [3.8, 4) is 0 Å². The first kappa shape index (κ1) is 19.6. The van der Waals surface area contributed by atoms with Crippen LogP contribution in [0, 0.1) is 0 Å². The molecule has 1 unspecified atom stereocenters. The second kappa shape index (κ2) is 8.69. The maximum atomic E-state index is 11.6. The Bertz CT molecular complexity index is 761. The summed E-state index contributed by atoms with van der Waals surface area (Å²) >= 11 is 0. The highest BCUT2D eigenvalue weighted by Gasteiger charge is 2.24.